The molecule has 1 rings (SSSR count). The Morgan fingerprint density at radius 3 is 2.78 bits per heavy atom. The van der Waals surface area contributed by atoms with E-state index in [1.807, 2.05) is 0 Å². The Labute approximate surface area is 104 Å². The van der Waals surface area contributed by atoms with Crippen molar-refractivity contribution < 1.29 is 19.1 Å². The van der Waals surface area contributed by atoms with Crippen LogP contribution in [0.25, 0.3) is 0 Å². The van der Waals surface area contributed by atoms with Crippen molar-refractivity contribution in [2.75, 3.05) is 6.54 Å². The second-order valence-corrected chi connectivity index (χ2v) is 3.50. The van der Waals surface area contributed by atoms with Crippen molar-refractivity contribution in [3.05, 3.63) is 35.1 Å². The first-order valence-corrected chi connectivity index (χ1v) is 5.27. The molecule has 2 N–H and O–H groups in total. The number of benzene rings is 1. The van der Waals surface area contributed by atoms with Gasteiger partial charge in [0.1, 0.15) is 5.82 Å². The molecule has 0 aliphatic carbocycles. The largest absolute Gasteiger partial charge is 0.478 e. The van der Waals surface area contributed by atoms with E-state index < -0.39 is 11.8 Å². The highest BCUT2D eigenvalue weighted by atomic mass is 19.1. The lowest BCUT2D eigenvalue weighted by Gasteiger charge is -2.00. The molecule has 4 nitrogen and oxygen atoms in total. The maximum Gasteiger partial charge on any atom is 0.337 e. The first-order chi connectivity index (χ1) is 8.52. The van der Waals surface area contributed by atoms with Crippen LogP contribution in [0.5, 0.6) is 0 Å². The Bertz CT molecular complexity index is 529. The second-order valence-electron chi connectivity index (χ2n) is 3.50. The highest BCUT2D eigenvalue weighted by Gasteiger charge is 2.11. The van der Waals surface area contributed by atoms with Gasteiger partial charge in [-0.05, 0) is 12.1 Å². The van der Waals surface area contributed by atoms with Gasteiger partial charge in [-0.2, -0.15) is 0 Å². The smallest absolute Gasteiger partial charge is 0.337 e. The van der Waals surface area contributed by atoms with Crippen LogP contribution in [0.4, 0.5) is 4.39 Å². The van der Waals surface area contributed by atoms with Crippen molar-refractivity contribution in [2.45, 2.75) is 13.3 Å². The molecule has 0 fully saturated rings. The number of nitrogens with one attached hydrogen (secondary N) is 1. The molecule has 0 aliphatic rings. The van der Waals surface area contributed by atoms with Crippen molar-refractivity contribution in [2.24, 2.45) is 0 Å². The number of carboxylic acid groups (broad SMARTS) is 1. The molecule has 0 aromatic heterocycles. The molecule has 1 amide bonds. The summed E-state index contributed by atoms with van der Waals surface area (Å²) in [7, 11) is 0. The number of carbonyl (C=O) groups excluding carboxylic acids is 1. The maximum atomic E-state index is 13.4. The average molecular weight is 249 g/mol. The van der Waals surface area contributed by atoms with Gasteiger partial charge in [-0.1, -0.05) is 17.9 Å². The van der Waals surface area contributed by atoms with E-state index in [2.05, 4.69) is 17.2 Å². The van der Waals surface area contributed by atoms with Crippen molar-refractivity contribution in [3.8, 4) is 11.8 Å². The minimum absolute atomic E-state index is 0.132. The normalized spacial score (nSPS) is 9.22. The van der Waals surface area contributed by atoms with Crippen molar-refractivity contribution in [1.29, 1.82) is 0 Å². The molecule has 1 aromatic rings. The summed E-state index contributed by atoms with van der Waals surface area (Å²) in [6, 6.07) is 3.77. The van der Waals surface area contributed by atoms with Crippen LogP contribution in [0.3, 0.4) is 0 Å². The summed E-state index contributed by atoms with van der Waals surface area (Å²) in [5.74, 6) is 3.05. The summed E-state index contributed by atoms with van der Waals surface area (Å²) in [6.45, 7) is 1.73. The molecule has 0 bridgehead atoms. The van der Waals surface area contributed by atoms with Crippen molar-refractivity contribution >= 4 is 11.9 Å². The van der Waals surface area contributed by atoms with E-state index in [9.17, 15) is 14.0 Å². The van der Waals surface area contributed by atoms with Gasteiger partial charge in [0.15, 0.2) is 0 Å². The van der Waals surface area contributed by atoms with Gasteiger partial charge in [-0.3, -0.25) is 4.79 Å². The lowest BCUT2D eigenvalue weighted by atomic mass is 10.1. The molecule has 94 valence electrons. The minimum Gasteiger partial charge on any atom is -0.478 e. The lowest BCUT2D eigenvalue weighted by Crippen LogP contribution is -2.20. The SMILES string of the molecule is CC(=O)NCCC#Cc1c(F)cccc1C(=O)O. The Balaban J connectivity index is 2.81. The molecular weight excluding hydrogens is 237 g/mol. The summed E-state index contributed by atoms with van der Waals surface area (Å²) in [4.78, 5) is 21.4. The van der Waals surface area contributed by atoms with Gasteiger partial charge in [-0.15, -0.1) is 0 Å². The zero-order valence-electron chi connectivity index (χ0n) is 9.79. The van der Waals surface area contributed by atoms with E-state index in [0.29, 0.717) is 13.0 Å². The Hall–Kier alpha value is -2.35. The molecule has 0 radical (unpaired) electrons. The Morgan fingerprint density at radius 1 is 1.44 bits per heavy atom. The third kappa shape index (κ3) is 3.91. The standard InChI is InChI=1S/C13H12FNO3/c1-9(16)15-8-3-2-5-10-11(13(17)18)6-4-7-12(10)14/h4,6-7H,3,8H2,1H3,(H,15,16)(H,17,18). The van der Waals surface area contributed by atoms with Crippen LogP contribution >= 0.6 is 0 Å². The average Bonchev–Trinajstić information content (AvgIpc) is 2.29. The zero-order chi connectivity index (χ0) is 13.5. The Kier molecular flexibility index (Phi) is 4.88. The second kappa shape index (κ2) is 6.40. The van der Waals surface area contributed by atoms with E-state index in [0.717, 1.165) is 6.07 Å². The summed E-state index contributed by atoms with van der Waals surface area (Å²) in [5.41, 5.74) is -0.296. The van der Waals surface area contributed by atoms with E-state index in [4.69, 9.17) is 5.11 Å². The molecule has 0 atom stereocenters. The van der Waals surface area contributed by atoms with Crippen LogP contribution in [-0.4, -0.2) is 23.5 Å². The van der Waals surface area contributed by atoms with Crippen LogP contribution in [0.2, 0.25) is 0 Å². The van der Waals surface area contributed by atoms with Crippen molar-refractivity contribution in [1.82, 2.24) is 5.32 Å². The summed E-state index contributed by atoms with van der Waals surface area (Å²) in [6.07, 6.45) is 0.326. The van der Waals surface area contributed by atoms with E-state index >= 15 is 0 Å². The molecule has 0 aliphatic heterocycles. The van der Waals surface area contributed by atoms with Crippen LogP contribution in [0.15, 0.2) is 18.2 Å². The predicted molar refractivity (Wildman–Crippen MR) is 63.5 cm³/mol. The van der Waals surface area contributed by atoms with Crippen molar-refractivity contribution in [3.63, 3.8) is 0 Å². The van der Waals surface area contributed by atoms with Crippen LogP contribution in [0.1, 0.15) is 29.3 Å². The fourth-order valence-electron chi connectivity index (χ4n) is 1.28. The first kappa shape index (κ1) is 13.7. The molecule has 0 saturated heterocycles. The monoisotopic (exact) mass is 249 g/mol. The van der Waals surface area contributed by atoms with Gasteiger partial charge < -0.3 is 10.4 Å². The van der Waals surface area contributed by atoms with Crippen LogP contribution in [-0.2, 0) is 4.79 Å². The lowest BCUT2D eigenvalue weighted by molar-refractivity contribution is -0.118. The van der Waals surface area contributed by atoms with Crippen LogP contribution < -0.4 is 5.32 Å². The molecule has 0 unspecified atom stereocenters. The molecule has 18 heavy (non-hydrogen) atoms. The molecule has 5 heteroatoms. The third-order valence-electron chi connectivity index (χ3n) is 2.08. The summed E-state index contributed by atoms with van der Waals surface area (Å²) < 4.78 is 13.4. The highest BCUT2D eigenvalue weighted by molar-refractivity contribution is 5.90. The fourth-order valence-corrected chi connectivity index (χ4v) is 1.28. The number of amides is 1. The van der Waals surface area contributed by atoms with Gasteiger partial charge in [-0.25, -0.2) is 9.18 Å². The van der Waals surface area contributed by atoms with Gasteiger partial charge in [0.2, 0.25) is 5.91 Å². The van der Waals surface area contributed by atoms with Gasteiger partial charge >= 0.3 is 5.97 Å². The predicted octanol–water partition coefficient (Wildman–Crippen LogP) is 1.40. The molecule has 0 saturated carbocycles. The molecule has 0 spiro atoms. The zero-order valence-corrected chi connectivity index (χ0v) is 9.79. The van der Waals surface area contributed by atoms with Gasteiger partial charge in [0.05, 0.1) is 11.1 Å². The fraction of sp³-hybridized carbons (Fsp3) is 0.231. The number of hydrogen-bond acceptors (Lipinski definition) is 2. The highest BCUT2D eigenvalue weighted by Crippen LogP contribution is 2.12. The minimum atomic E-state index is -1.22. The molecular formula is C13H12FNO3. The number of carboxylic acids is 1. The number of aromatic carboxylic acids is 1. The summed E-state index contributed by atoms with van der Waals surface area (Å²) >= 11 is 0. The van der Waals surface area contributed by atoms with E-state index in [1.165, 1.54) is 19.1 Å². The van der Waals surface area contributed by atoms with E-state index in [-0.39, 0.29) is 17.0 Å². The third-order valence-corrected chi connectivity index (χ3v) is 2.08. The number of halogens is 1. The van der Waals surface area contributed by atoms with Gasteiger partial charge in [0, 0.05) is 19.9 Å². The number of rotatable bonds is 3. The molecule has 1 aromatic carbocycles. The number of hydrogen-bond donors (Lipinski definition) is 2. The van der Waals surface area contributed by atoms with E-state index in [1.54, 1.807) is 0 Å². The Morgan fingerprint density at radius 2 is 2.17 bits per heavy atom. The first-order valence-electron chi connectivity index (χ1n) is 5.27. The summed E-state index contributed by atoms with van der Waals surface area (Å²) in [5, 5.41) is 11.4. The maximum absolute atomic E-state index is 13.4. The molecule has 0 heterocycles. The van der Waals surface area contributed by atoms with Crippen LogP contribution in [0, 0.1) is 17.7 Å². The topological polar surface area (TPSA) is 66.4 Å². The number of carbonyl (C=O) groups is 2. The van der Waals surface area contributed by atoms with Gasteiger partial charge in [0.25, 0.3) is 0 Å². The quantitative estimate of drug-likeness (QED) is 0.628.